The highest BCUT2D eigenvalue weighted by Gasteiger charge is 2.11. The molecule has 0 saturated carbocycles. The fourth-order valence-electron chi connectivity index (χ4n) is 3.76. The zero-order valence-corrected chi connectivity index (χ0v) is 18.2. The van der Waals surface area contributed by atoms with Crippen molar-refractivity contribution in [2.75, 3.05) is 65.6 Å². The van der Waals surface area contributed by atoms with Crippen LogP contribution in [-0.2, 0) is 18.3 Å². The fourth-order valence-corrected chi connectivity index (χ4v) is 3.76. The monoisotopic (exact) mass is 406 g/mol. The lowest BCUT2D eigenvalue weighted by Crippen LogP contribution is -2.44. The van der Waals surface area contributed by atoms with Crippen molar-refractivity contribution < 1.29 is 4.74 Å². The van der Waals surface area contributed by atoms with Crippen LogP contribution in [0.3, 0.4) is 0 Å². The number of nitrogens with one attached hydrogen (secondary N) is 2. The van der Waals surface area contributed by atoms with E-state index in [0.29, 0.717) is 6.54 Å². The second kappa shape index (κ2) is 12.1. The summed E-state index contributed by atoms with van der Waals surface area (Å²) < 4.78 is 7.41. The average Bonchev–Trinajstić information content (AvgIpc) is 3.08. The van der Waals surface area contributed by atoms with E-state index < -0.39 is 0 Å². The number of likely N-dealkylation sites (tertiary alicyclic amines) is 1. The van der Waals surface area contributed by atoms with Crippen LogP contribution in [0.2, 0.25) is 0 Å². The second-order valence-corrected chi connectivity index (χ2v) is 7.95. The number of guanidine groups is 1. The quantitative estimate of drug-likeness (QED) is 0.348. The Bertz CT molecular complexity index is 620. The minimum Gasteiger partial charge on any atom is -0.379 e. The normalized spacial score (nSPS) is 19.4. The van der Waals surface area contributed by atoms with Crippen molar-refractivity contribution >= 4 is 5.96 Å². The van der Waals surface area contributed by atoms with Gasteiger partial charge in [0.2, 0.25) is 0 Å². The Morgan fingerprint density at radius 2 is 1.69 bits per heavy atom. The fraction of sp³-hybridized carbons (Fsp3) is 0.850. The SMILES string of the molecule is Cc1nnc(CN=C(NCCCN2CCOCC2)NCCN2CCCCC2)n1C. The third-order valence-corrected chi connectivity index (χ3v) is 5.78. The molecule has 1 aromatic rings. The van der Waals surface area contributed by atoms with Crippen LogP contribution in [0, 0.1) is 6.92 Å². The van der Waals surface area contributed by atoms with E-state index in [9.17, 15) is 0 Å². The molecule has 9 heteroatoms. The minimum absolute atomic E-state index is 0.528. The summed E-state index contributed by atoms with van der Waals surface area (Å²) in [5, 5.41) is 15.4. The second-order valence-electron chi connectivity index (χ2n) is 7.95. The molecule has 2 aliphatic heterocycles. The van der Waals surface area contributed by atoms with E-state index in [1.54, 1.807) is 0 Å². The van der Waals surface area contributed by atoms with Crippen molar-refractivity contribution in [3.63, 3.8) is 0 Å². The first-order chi connectivity index (χ1) is 14.2. The van der Waals surface area contributed by atoms with Gasteiger partial charge in [-0.2, -0.15) is 0 Å². The van der Waals surface area contributed by atoms with Crippen molar-refractivity contribution in [1.29, 1.82) is 0 Å². The number of aromatic nitrogens is 3. The number of hydrogen-bond donors (Lipinski definition) is 2. The predicted octanol–water partition coefficient (Wildman–Crippen LogP) is 0.367. The summed E-state index contributed by atoms with van der Waals surface area (Å²) in [5.41, 5.74) is 0. The van der Waals surface area contributed by atoms with Gasteiger partial charge in [-0.05, 0) is 45.8 Å². The van der Waals surface area contributed by atoms with Crippen LogP contribution in [0.1, 0.15) is 37.3 Å². The molecule has 2 N–H and O–H groups in total. The maximum Gasteiger partial charge on any atom is 0.191 e. The molecule has 0 spiro atoms. The van der Waals surface area contributed by atoms with Gasteiger partial charge in [0, 0.05) is 39.8 Å². The van der Waals surface area contributed by atoms with Gasteiger partial charge in [0.05, 0.1) is 13.2 Å². The van der Waals surface area contributed by atoms with Crippen LogP contribution >= 0.6 is 0 Å². The first kappa shape index (κ1) is 22.0. The lowest BCUT2D eigenvalue weighted by molar-refractivity contribution is 0.0376. The van der Waals surface area contributed by atoms with Crippen LogP contribution in [0.15, 0.2) is 4.99 Å². The van der Waals surface area contributed by atoms with Crippen molar-refractivity contribution in [2.45, 2.75) is 39.2 Å². The number of aryl methyl sites for hydroxylation is 1. The van der Waals surface area contributed by atoms with Gasteiger partial charge >= 0.3 is 0 Å². The molecule has 3 heterocycles. The van der Waals surface area contributed by atoms with Crippen LogP contribution < -0.4 is 10.6 Å². The van der Waals surface area contributed by atoms with Crippen LogP contribution in [0.25, 0.3) is 0 Å². The standard InChI is InChI=1S/C20H38N8O/c1-18-24-25-19(26(18)2)17-23-20(22-8-12-27-9-4-3-5-10-27)21-7-6-11-28-13-15-29-16-14-28/h3-17H2,1-2H3,(H2,21,22,23). The molecule has 0 unspecified atom stereocenters. The molecule has 1 aromatic heterocycles. The van der Waals surface area contributed by atoms with Gasteiger partial charge in [-0.1, -0.05) is 6.42 Å². The molecule has 0 radical (unpaired) electrons. The molecule has 29 heavy (non-hydrogen) atoms. The van der Waals surface area contributed by atoms with Crippen molar-refractivity contribution in [2.24, 2.45) is 12.0 Å². The van der Waals surface area contributed by atoms with Crippen LogP contribution in [0.4, 0.5) is 0 Å². The Hall–Kier alpha value is -1.71. The first-order valence-corrected chi connectivity index (χ1v) is 11.1. The number of piperidine rings is 1. The average molecular weight is 407 g/mol. The van der Waals surface area contributed by atoms with Gasteiger partial charge in [0.25, 0.3) is 0 Å². The highest BCUT2D eigenvalue weighted by atomic mass is 16.5. The topological polar surface area (TPSA) is 82.8 Å². The first-order valence-electron chi connectivity index (χ1n) is 11.1. The van der Waals surface area contributed by atoms with Crippen molar-refractivity contribution in [1.82, 2.24) is 35.2 Å². The van der Waals surface area contributed by atoms with Gasteiger partial charge in [-0.15, -0.1) is 10.2 Å². The molecule has 9 nitrogen and oxygen atoms in total. The molecular weight excluding hydrogens is 368 g/mol. The van der Waals surface area contributed by atoms with E-state index in [4.69, 9.17) is 9.73 Å². The van der Waals surface area contributed by atoms with Gasteiger partial charge in [-0.3, -0.25) is 4.90 Å². The summed E-state index contributed by atoms with van der Waals surface area (Å²) in [6, 6.07) is 0. The number of morpholine rings is 1. The Morgan fingerprint density at radius 1 is 0.966 bits per heavy atom. The van der Waals surface area contributed by atoms with Gasteiger partial charge in [0.1, 0.15) is 12.4 Å². The van der Waals surface area contributed by atoms with Crippen LogP contribution in [-0.4, -0.2) is 96.1 Å². The highest BCUT2D eigenvalue weighted by molar-refractivity contribution is 5.79. The zero-order chi connectivity index (χ0) is 20.3. The number of nitrogens with zero attached hydrogens (tertiary/aromatic N) is 6. The van der Waals surface area contributed by atoms with Gasteiger partial charge in [0.15, 0.2) is 11.8 Å². The molecule has 0 aliphatic carbocycles. The summed E-state index contributed by atoms with van der Waals surface area (Å²) >= 11 is 0. The van der Waals surface area contributed by atoms with Gasteiger partial charge in [-0.25, -0.2) is 4.99 Å². The van der Waals surface area contributed by atoms with Gasteiger partial charge < -0.3 is 24.8 Å². The summed E-state index contributed by atoms with van der Waals surface area (Å²) in [7, 11) is 1.99. The molecule has 2 fully saturated rings. The summed E-state index contributed by atoms with van der Waals surface area (Å²) in [4.78, 5) is 9.76. The van der Waals surface area contributed by atoms with E-state index in [1.807, 2.05) is 18.5 Å². The Balaban J connectivity index is 1.44. The Morgan fingerprint density at radius 3 is 2.41 bits per heavy atom. The molecule has 0 bridgehead atoms. The number of hydrogen-bond acceptors (Lipinski definition) is 6. The highest BCUT2D eigenvalue weighted by Crippen LogP contribution is 2.07. The molecule has 2 aliphatic rings. The molecule has 0 atom stereocenters. The molecule has 3 rings (SSSR count). The lowest BCUT2D eigenvalue weighted by atomic mass is 10.1. The molecule has 0 amide bonds. The number of rotatable bonds is 9. The molecule has 164 valence electrons. The summed E-state index contributed by atoms with van der Waals surface area (Å²) in [6.07, 6.45) is 5.12. The summed E-state index contributed by atoms with van der Waals surface area (Å²) in [6.45, 7) is 12.7. The van der Waals surface area contributed by atoms with Crippen LogP contribution in [0.5, 0.6) is 0 Å². The molecular formula is C20H38N8O. The maximum absolute atomic E-state index is 5.42. The molecule has 0 aromatic carbocycles. The van der Waals surface area contributed by atoms with E-state index in [1.165, 1.54) is 32.4 Å². The third kappa shape index (κ3) is 7.56. The Kier molecular flexibility index (Phi) is 9.17. The molecule has 2 saturated heterocycles. The number of ether oxygens (including phenoxy) is 1. The largest absolute Gasteiger partial charge is 0.379 e. The van der Waals surface area contributed by atoms with Crippen molar-refractivity contribution in [3.8, 4) is 0 Å². The minimum atomic E-state index is 0.528. The zero-order valence-electron chi connectivity index (χ0n) is 18.2. The predicted molar refractivity (Wildman–Crippen MR) is 115 cm³/mol. The third-order valence-electron chi connectivity index (χ3n) is 5.78. The van der Waals surface area contributed by atoms with E-state index in [-0.39, 0.29) is 0 Å². The van der Waals surface area contributed by atoms with E-state index in [2.05, 4.69) is 30.6 Å². The van der Waals surface area contributed by atoms with E-state index >= 15 is 0 Å². The maximum atomic E-state index is 5.42. The number of aliphatic imine (C=N–C) groups is 1. The summed E-state index contributed by atoms with van der Waals surface area (Å²) in [5.74, 6) is 2.66. The van der Waals surface area contributed by atoms with E-state index in [0.717, 1.165) is 76.5 Å². The lowest BCUT2D eigenvalue weighted by Gasteiger charge is -2.27. The Labute approximate surface area is 174 Å². The smallest absolute Gasteiger partial charge is 0.191 e. The van der Waals surface area contributed by atoms with Crippen molar-refractivity contribution in [3.05, 3.63) is 11.6 Å².